The molecule has 10 heteroatoms. The molecule has 37 heavy (non-hydrogen) atoms. The highest BCUT2D eigenvalue weighted by atomic mass is 16.5. The fourth-order valence-electron chi connectivity index (χ4n) is 4.85. The number of hydrogen-bond acceptors (Lipinski definition) is 9. The highest BCUT2D eigenvalue weighted by molar-refractivity contribution is 6.07. The number of carboxylic acids is 1. The molecule has 0 aromatic heterocycles. The van der Waals surface area contributed by atoms with Crippen molar-refractivity contribution < 1.29 is 29.0 Å². The van der Waals surface area contributed by atoms with Gasteiger partial charge in [-0.2, -0.15) is 5.26 Å². The van der Waals surface area contributed by atoms with E-state index in [0.29, 0.717) is 11.3 Å². The first-order valence-corrected chi connectivity index (χ1v) is 11.6. The smallest absolute Gasteiger partial charge is 0.355 e. The fourth-order valence-corrected chi connectivity index (χ4v) is 4.85. The topological polar surface area (TPSA) is 146 Å². The minimum absolute atomic E-state index is 0.000234. The molecule has 2 aromatic carbocycles. The lowest BCUT2D eigenvalue weighted by atomic mass is 9.81. The van der Waals surface area contributed by atoms with Crippen LogP contribution in [0.15, 0.2) is 71.2 Å². The highest BCUT2D eigenvalue weighted by Gasteiger charge is 2.43. The molecule has 0 radical (unpaired) electrons. The van der Waals surface area contributed by atoms with Crippen LogP contribution in [0.3, 0.4) is 0 Å². The first-order chi connectivity index (χ1) is 17.8. The maximum atomic E-state index is 13.2. The third-order valence-electron chi connectivity index (χ3n) is 6.53. The number of allylic oxidation sites excluding steroid dienone is 1. The SMILES string of the molecule is COC(=O)C1=C(C(=O)OC)N(c2ccc(N3CCCC3)c(C(=O)O)c2)C(N)=C(C#N)C1c1ccccc1. The quantitative estimate of drug-likeness (QED) is 0.565. The van der Waals surface area contributed by atoms with Crippen molar-refractivity contribution in [3.8, 4) is 6.07 Å². The summed E-state index contributed by atoms with van der Waals surface area (Å²) in [4.78, 5) is 41.7. The molecule has 1 atom stereocenters. The number of ether oxygens (including phenoxy) is 2. The minimum atomic E-state index is -1.16. The molecule has 2 aliphatic heterocycles. The Morgan fingerprint density at radius 3 is 2.24 bits per heavy atom. The Morgan fingerprint density at radius 1 is 1.03 bits per heavy atom. The molecule has 0 saturated carbocycles. The number of nitriles is 1. The Morgan fingerprint density at radius 2 is 1.68 bits per heavy atom. The number of benzene rings is 2. The van der Waals surface area contributed by atoms with E-state index in [0.717, 1.165) is 40.2 Å². The highest BCUT2D eigenvalue weighted by Crippen LogP contribution is 2.44. The lowest BCUT2D eigenvalue weighted by molar-refractivity contribution is -0.139. The van der Waals surface area contributed by atoms with Crippen molar-refractivity contribution in [3.05, 3.63) is 82.3 Å². The molecule has 10 nitrogen and oxygen atoms in total. The van der Waals surface area contributed by atoms with E-state index in [9.17, 15) is 24.8 Å². The van der Waals surface area contributed by atoms with Crippen molar-refractivity contribution in [1.29, 1.82) is 5.26 Å². The first-order valence-electron chi connectivity index (χ1n) is 11.6. The van der Waals surface area contributed by atoms with Gasteiger partial charge in [0, 0.05) is 18.8 Å². The molecule has 190 valence electrons. The normalized spacial score (nSPS) is 17.5. The zero-order chi connectivity index (χ0) is 26.7. The third-order valence-corrected chi connectivity index (χ3v) is 6.53. The molecule has 1 fully saturated rings. The Hall–Kier alpha value is -4.78. The maximum absolute atomic E-state index is 13.2. The van der Waals surface area contributed by atoms with Crippen LogP contribution < -0.4 is 15.5 Å². The molecule has 3 N–H and O–H groups in total. The molecule has 2 aliphatic rings. The van der Waals surface area contributed by atoms with E-state index >= 15 is 0 Å². The zero-order valence-electron chi connectivity index (χ0n) is 20.4. The molecule has 4 rings (SSSR count). The van der Waals surface area contributed by atoms with Crippen molar-refractivity contribution in [2.45, 2.75) is 18.8 Å². The van der Waals surface area contributed by atoms with E-state index in [1.54, 1.807) is 42.5 Å². The van der Waals surface area contributed by atoms with Crippen molar-refractivity contribution >= 4 is 29.3 Å². The largest absolute Gasteiger partial charge is 0.478 e. The van der Waals surface area contributed by atoms with Crippen LogP contribution >= 0.6 is 0 Å². The first kappa shape index (κ1) is 25.3. The molecular formula is C27H26N4O6. The number of methoxy groups -OCH3 is 2. The van der Waals surface area contributed by atoms with E-state index in [1.165, 1.54) is 11.0 Å². The molecule has 0 amide bonds. The van der Waals surface area contributed by atoms with E-state index in [4.69, 9.17) is 15.2 Å². The molecule has 0 bridgehead atoms. The van der Waals surface area contributed by atoms with Crippen LogP contribution in [0.4, 0.5) is 11.4 Å². The standard InChI is InChI=1S/C27H26N4O6/c1-36-26(34)22-21(16-8-4-3-5-9-16)19(15-28)24(29)31(23(22)27(35)37-2)17-10-11-20(18(14-17)25(32)33)30-12-6-7-13-30/h3-5,8-11,14,21H,6-7,12-13,29H2,1-2H3,(H,32,33). The molecule has 2 heterocycles. The van der Waals surface area contributed by atoms with Gasteiger partial charge in [0.05, 0.1) is 48.6 Å². The summed E-state index contributed by atoms with van der Waals surface area (Å²) >= 11 is 0. The number of carboxylic acid groups (broad SMARTS) is 1. The number of carbonyl (C=O) groups excluding carboxylic acids is 2. The number of rotatable bonds is 6. The third kappa shape index (κ3) is 4.47. The van der Waals surface area contributed by atoms with Gasteiger partial charge in [0.15, 0.2) is 0 Å². The molecule has 0 aliphatic carbocycles. The van der Waals surface area contributed by atoms with Crippen molar-refractivity contribution in [3.63, 3.8) is 0 Å². The van der Waals surface area contributed by atoms with Crippen LogP contribution in [0.1, 0.15) is 34.7 Å². The number of nitrogens with two attached hydrogens (primary N) is 1. The molecule has 2 aromatic rings. The summed E-state index contributed by atoms with van der Waals surface area (Å²) < 4.78 is 10.0. The zero-order valence-corrected chi connectivity index (χ0v) is 20.4. The van der Waals surface area contributed by atoms with Gasteiger partial charge in [-0.3, -0.25) is 4.90 Å². The van der Waals surface area contributed by atoms with Crippen LogP contribution in [-0.2, 0) is 19.1 Å². The van der Waals surface area contributed by atoms with Gasteiger partial charge < -0.3 is 25.2 Å². The average molecular weight is 503 g/mol. The van der Waals surface area contributed by atoms with Crippen LogP contribution in [-0.4, -0.2) is 50.3 Å². The number of hydrogen-bond donors (Lipinski definition) is 2. The minimum Gasteiger partial charge on any atom is -0.478 e. The van der Waals surface area contributed by atoms with Gasteiger partial charge in [-0.1, -0.05) is 30.3 Å². The maximum Gasteiger partial charge on any atom is 0.355 e. The Labute approximate surface area is 213 Å². The van der Waals surface area contributed by atoms with Crippen LogP contribution in [0, 0.1) is 11.3 Å². The van der Waals surface area contributed by atoms with Gasteiger partial charge in [0.2, 0.25) is 0 Å². The molecule has 0 spiro atoms. The van der Waals surface area contributed by atoms with Crippen molar-refractivity contribution in [2.24, 2.45) is 5.73 Å². The van der Waals surface area contributed by atoms with E-state index in [1.807, 2.05) is 4.90 Å². The second-order valence-electron chi connectivity index (χ2n) is 8.54. The summed E-state index contributed by atoms with van der Waals surface area (Å²) in [5.41, 5.74) is 7.35. The van der Waals surface area contributed by atoms with Crippen LogP contribution in [0.5, 0.6) is 0 Å². The number of nitrogens with zero attached hydrogens (tertiary/aromatic N) is 3. The summed E-state index contributed by atoms with van der Waals surface area (Å²) in [5.74, 6) is -4.06. The van der Waals surface area contributed by atoms with E-state index in [-0.39, 0.29) is 33.9 Å². The number of carbonyl (C=O) groups is 3. The van der Waals surface area contributed by atoms with E-state index < -0.39 is 23.8 Å². The van der Waals surface area contributed by atoms with Gasteiger partial charge in [-0.05, 0) is 36.6 Å². The monoisotopic (exact) mass is 502 g/mol. The Balaban J connectivity index is 2.01. The predicted molar refractivity (Wildman–Crippen MR) is 134 cm³/mol. The molecule has 1 saturated heterocycles. The summed E-state index contributed by atoms with van der Waals surface area (Å²) in [5, 5.41) is 20.1. The van der Waals surface area contributed by atoms with Gasteiger partial charge >= 0.3 is 17.9 Å². The average Bonchev–Trinajstić information content (AvgIpc) is 3.46. The summed E-state index contributed by atoms with van der Waals surface area (Å²) in [6.07, 6.45) is 1.90. The summed E-state index contributed by atoms with van der Waals surface area (Å²) in [6, 6.07) is 15.3. The molecule has 1 unspecified atom stereocenters. The second kappa shape index (κ2) is 10.5. The van der Waals surface area contributed by atoms with Gasteiger partial charge in [0.1, 0.15) is 11.5 Å². The Kier molecular flexibility index (Phi) is 7.15. The van der Waals surface area contributed by atoms with Crippen molar-refractivity contribution in [1.82, 2.24) is 0 Å². The lowest BCUT2D eigenvalue weighted by Crippen LogP contribution is -2.40. The summed E-state index contributed by atoms with van der Waals surface area (Å²) in [7, 11) is 2.32. The van der Waals surface area contributed by atoms with Crippen molar-refractivity contribution in [2.75, 3.05) is 37.1 Å². The van der Waals surface area contributed by atoms with Crippen LogP contribution in [0.2, 0.25) is 0 Å². The predicted octanol–water partition coefficient (Wildman–Crippen LogP) is 2.88. The van der Waals surface area contributed by atoms with Gasteiger partial charge in [0.25, 0.3) is 0 Å². The van der Waals surface area contributed by atoms with Gasteiger partial charge in [-0.15, -0.1) is 0 Å². The second-order valence-corrected chi connectivity index (χ2v) is 8.54. The number of aromatic carboxylic acids is 1. The summed E-state index contributed by atoms with van der Waals surface area (Å²) in [6.45, 7) is 1.45. The molecular weight excluding hydrogens is 476 g/mol. The van der Waals surface area contributed by atoms with E-state index in [2.05, 4.69) is 6.07 Å². The Bertz CT molecular complexity index is 1350. The van der Waals surface area contributed by atoms with Crippen LogP contribution in [0.25, 0.3) is 0 Å². The number of anilines is 2. The lowest BCUT2D eigenvalue weighted by Gasteiger charge is -2.36. The fraction of sp³-hybridized carbons (Fsp3) is 0.259. The van der Waals surface area contributed by atoms with Gasteiger partial charge in [-0.25, -0.2) is 14.4 Å². The number of esters is 2.